The van der Waals surface area contributed by atoms with Gasteiger partial charge in [0.05, 0.1) is 5.39 Å². The van der Waals surface area contributed by atoms with Crippen molar-refractivity contribution in [1.29, 1.82) is 0 Å². The van der Waals surface area contributed by atoms with E-state index in [9.17, 15) is 0 Å². The van der Waals surface area contributed by atoms with Gasteiger partial charge in [0, 0.05) is 35.4 Å². The molecule has 1 aliphatic carbocycles. The molecule has 5 rings (SSSR count). The summed E-state index contributed by atoms with van der Waals surface area (Å²) >= 11 is 1.86. The van der Waals surface area contributed by atoms with E-state index in [2.05, 4.69) is 15.6 Å². The van der Waals surface area contributed by atoms with E-state index in [1.165, 1.54) is 54.4 Å². The van der Waals surface area contributed by atoms with E-state index < -0.39 is 0 Å². The maximum Gasteiger partial charge on any atom is 0.163 e. The largest absolute Gasteiger partial charge is 0.368 e. The van der Waals surface area contributed by atoms with Gasteiger partial charge in [-0.2, -0.15) is 0 Å². The first-order valence-corrected chi connectivity index (χ1v) is 10.9. The molecule has 1 fully saturated rings. The molecule has 0 radical (unpaired) electrons. The van der Waals surface area contributed by atoms with Crippen molar-refractivity contribution in [2.24, 2.45) is 0 Å². The summed E-state index contributed by atoms with van der Waals surface area (Å²) in [5.74, 6) is 1.81. The van der Waals surface area contributed by atoms with E-state index >= 15 is 0 Å². The molecule has 0 saturated carbocycles. The standard InChI is InChI=1S/C21H25N5S/c1-2-7-17-16(6-1)18-20(24-13-15-5-3-4-10-23-15)25-19(26-21(18)27-17)14-8-11-22-12-9-14/h8-9,11-12,15,23H,1-7,10,13H2,(H,24,25,26)/t15-/m1/s1. The van der Waals surface area contributed by atoms with Gasteiger partial charge in [-0.15, -0.1) is 11.3 Å². The molecule has 2 N–H and O–H groups in total. The van der Waals surface area contributed by atoms with E-state index in [1.807, 2.05) is 23.5 Å². The Bertz CT molecular complexity index is 931. The molecule has 27 heavy (non-hydrogen) atoms. The van der Waals surface area contributed by atoms with Gasteiger partial charge in [0.25, 0.3) is 0 Å². The molecule has 0 bridgehead atoms. The predicted molar refractivity (Wildman–Crippen MR) is 111 cm³/mol. The zero-order chi connectivity index (χ0) is 18.1. The smallest absolute Gasteiger partial charge is 0.163 e. The summed E-state index contributed by atoms with van der Waals surface area (Å²) in [7, 11) is 0. The number of hydrogen-bond donors (Lipinski definition) is 2. The van der Waals surface area contributed by atoms with Gasteiger partial charge in [-0.25, -0.2) is 9.97 Å². The number of hydrogen-bond acceptors (Lipinski definition) is 6. The minimum atomic E-state index is 0.530. The number of nitrogens with one attached hydrogen (secondary N) is 2. The zero-order valence-electron chi connectivity index (χ0n) is 15.5. The van der Waals surface area contributed by atoms with Crippen molar-refractivity contribution < 1.29 is 0 Å². The molecular weight excluding hydrogens is 354 g/mol. The van der Waals surface area contributed by atoms with Crippen molar-refractivity contribution >= 4 is 27.4 Å². The summed E-state index contributed by atoms with van der Waals surface area (Å²) in [4.78, 5) is 16.7. The summed E-state index contributed by atoms with van der Waals surface area (Å²) in [6.07, 6.45) is 12.4. The predicted octanol–water partition coefficient (Wildman–Crippen LogP) is 4.19. The van der Waals surface area contributed by atoms with Crippen LogP contribution in [0.1, 0.15) is 42.5 Å². The second-order valence-electron chi connectivity index (χ2n) is 7.55. The Morgan fingerprint density at radius 2 is 1.96 bits per heavy atom. The molecule has 3 aromatic rings. The van der Waals surface area contributed by atoms with Crippen LogP contribution in [0.3, 0.4) is 0 Å². The van der Waals surface area contributed by atoms with Crippen molar-refractivity contribution in [3.63, 3.8) is 0 Å². The highest BCUT2D eigenvalue weighted by atomic mass is 32.1. The van der Waals surface area contributed by atoms with Gasteiger partial charge >= 0.3 is 0 Å². The van der Waals surface area contributed by atoms with Crippen LogP contribution in [-0.2, 0) is 12.8 Å². The molecule has 4 heterocycles. The monoisotopic (exact) mass is 379 g/mol. The topological polar surface area (TPSA) is 62.7 Å². The van der Waals surface area contributed by atoms with Crippen molar-refractivity contribution in [3.05, 3.63) is 35.0 Å². The summed E-state index contributed by atoms with van der Waals surface area (Å²) < 4.78 is 0. The second-order valence-corrected chi connectivity index (χ2v) is 8.63. The van der Waals surface area contributed by atoms with Crippen LogP contribution >= 0.6 is 11.3 Å². The molecule has 5 nitrogen and oxygen atoms in total. The molecule has 140 valence electrons. The third kappa shape index (κ3) is 3.44. The number of thiophene rings is 1. The molecule has 1 aliphatic heterocycles. The molecule has 6 heteroatoms. The normalized spacial score (nSPS) is 19.8. The summed E-state index contributed by atoms with van der Waals surface area (Å²) in [5, 5.41) is 8.58. The molecule has 0 amide bonds. The molecular formula is C21H25N5S. The highest BCUT2D eigenvalue weighted by molar-refractivity contribution is 7.19. The Balaban J connectivity index is 1.55. The zero-order valence-corrected chi connectivity index (χ0v) is 16.3. The number of piperidine rings is 1. The summed E-state index contributed by atoms with van der Waals surface area (Å²) in [6.45, 7) is 2.05. The van der Waals surface area contributed by atoms with Gasteiger partial charge in [-0.3, -0.25) is 4.98 Å². The van der Waals surface area contributed by atoms with E-state index in [1.54, 1.807) is 12.4 Å². The van der Waals surface area contributed by atoms with Crippen LogP contribution in [0.4, 0.5) is 5.82 Å². The lowest BCUT2D eigenvalue weighted by atomic mass is 9.97. The molecule has 2 aliphatic rings. The van der Waals surface area contributed by atoms with Crippen LogP contribution in [-0.4, -0.2) is 34.1 Å². The van der Waals surface area contributed by atoms with Crippen LogP contribution in [0.5, 0.6) is 0 Å². The highest BCUT2D eigenvalue weighted by Gasteiger charge is 2.22. The molecule has 3 aromatic heterocycles. The first-order valence-electron chi connectivity index (χ1n) is 10.1. The SMILES string of the molecule is c1cc(-c2nc(NC[C@H]3CCCCN3)c3c4c(sc3n2)CCCC4)ccn1. The van der Waals surface area contributed by atoms with Crippen LogP contribution in [0, 0.1) is 0 Å². The van der Waals surface area contributed by atoms with Gasteiger partial charge in [0.2, 0.25) is 0 Å². The van der Waals surface area contributed by atoms with Gasteiger partial charge in [0.1, 0.15) is 10.6 Å². The molecule has 1 atom stereocenters. The van der Waals surface area contributed by atoms with E-state index in [0.29, 0.717) is 6.04 Å². The number of aryl methyl sites for hydroxylation is 2. The lowest BCUT2D eigenvalue weighted by Crippen LogP contribution is -2.39. The lowest BCUT2D eigenvalue weighted by molar-refractivity contribution is 0.414. The lowest BCUT2D eigenvalue weighted by Gasteiger charge is -2.24. The van der Waals surface area contributed by atoms with E-state index in [-0.39, 0.29) is 0 Å². The van der Waals surface area contributed by atoms with Crippen molar-refractivity contribution in [2.45, 2.75) is 51.0 Å². The van der Waals surface area contributed by atoms with Crippen LogP contribution in [0.25, 0.3) is 21.6 Å². The van der Waals surface area contributed by atoms with Gasteiger partial charge in [-0.05, 0) is 62.8 Å². The minimum Gasteiger partial charge on any atom is -0.368 e. The Morgan fingerprint density at radius 1 is 1.07 bits per heavy atom. The van der Waals surface area contributed by atoms with Crippen molar-refractivity contribution in [2.75, 3.05) is 18.4 Å². The van der Waals surface area contributed by atoms with Crippen LogP contribution in [0.2, 0.25) is 0 Å². The first kappa shape index (κ1) is 17.1. The fraction of sp³-hybridized carbons (Fsp3) is 0.476. The number of pyridine rings is 1. The van der Waals surface area contributed by atoms with E-state index in [0.717, 1.165) is 41.5 Å². The third-order valence-electron chi connectivity index (χ3n) is 5.68. The molecule has 1 saturated heterocycles. The minimum absolute atomic E-state index is 0.530. The average molecular weight is 380 g/mol. The van der Waals surface area contributed by atoms with Crippen molar-refractivity contribution in [1.82, 2.24) is 20.3 Å². The fourth-order valence-corrected chi connectivity index (χ4v) is 5.49. The van der Waals surface area contributed by atoms with Crippen LogP contribution < -0.4 is 10.6 Å². The highest BCUT2D eigenvalue weighted by Crippen LogP contribution is 2.39. The Kier molecular flexibility index (Phi) is 4.76. The third-order valence-corrected chi connectivity index (χ3v) is 6.87. The van der Waals surface area contributed by atoms with Crippen LogP contribution in [0.15, 0.2) is 24.5 Å². The maximum atomic E-state index is 4.96. The number of anilines is 1. The van der Waals surface area contributed by atoms with Gasteiger partial charge < -0.3 is 10.6 Å². The second kappa shape index (κ2) is 7.52. The Labute approximate surface area is 163 Å². The first-order chi connectivity index (χ1) is 13.4. The molecule has 0 unspecified atom stereocenters. The number of nitrogens with zero attached hydrogens (tertiary/aromatic N) is 3. The summed E-state index contributed by atoms with van der Waals surface area (Å²) in [5.41, 5.74) is 2.51. The number of fused-ring (bicyclic) bond motifs is 3. The summed E-state index contributed by atoms with van der Waals surface area (Å²) in [6, 6.07) is 4.50. The number of rotatable bonds is 4. The van der Waals surface area contributed by atoms with Gasteiger partial charge in [0.15, 0.2) is 5.82 Å². The maximum absolute atomic E-state index is 4.96. The van der Waals surface area contributed by atoms with Gasteiger partial charge in [-0.1, -0.05) is 6.42 Å². The quantitative estimate of drug-likeness (QED) is 0.712. The molecule has 0 spiro atoms. The Hall–Kier alpha value is -2.05. The number of aromatic nitrogens is 3. The van der Waals surface area contributed by atoms with Crippen molar-refractivity contribution in [3.8, 4) is 11.4 Å². The van der Waals surface area contributed by atoms with E-state index in [4.69, 9.17) is 9.97 Å². The fourth-order valence-electron chi connectivity index (χ4n) is 4.23. The average Bonchev–Trinajstić information content (AvgIpc) is 3.12. The Morgan fingerprint density at radius 3 is 2.81 bits per heavy atom. The molecule has 0 aromatic carbocycles.